The van der Waals surface area contributed by atoms with Crippen LogP contribution in [0.2, 0.25) is 0 Å². The van der Waals surface area contributed by atoms with Crippen molar-refractivity contribution in [1.29, 1.82) is 0 Å². The highest BCUT2D eigenvalue weighted by molar-refractivity contribution is 4.82. The third kappa shape index (κ3) is 5.68. The van der Waals surface area contributed by atoms with E-state index in [1.807, 2.05) is 0 Å². The smallest absolute Gasteiger partial charge is 0.0467 e. The van der Waals surface area contributed by atoms with Crippen molar-refractivity contribution in [2.75, 3.05) is 39.9 Å². The Labute approximate surface area is 113 Å². The van der Waals surface area contributed by atoms with Crippen LogP contribution in [0.1, 0.15) is 40.5 Å². The molecule has 0 aromatic rings. The summed E-state index contributed by atoms with van der Waals surface area (Å²) in [4.78, 5) is 2.64. The number of hydrogen-bond acceptors (Lipinski definition) is 3. The zero-order valence-electron chi connectivity index (χ0n) is 13.0. The summed E-state index contributed by atoms with van der Waals surface area (Å²) in [5.41, 5.74) is 0.349. The molecule has 1 heterocycles. The largest absolute Gasteiger partial charge is 0.385 e. The third-order valence-electron chi connectivity index (χ3n) is 3.95. The number of nitrogens with zero attached hydrogens (tertiary/aromatic N) is 1. The van der Waals surface area contributed by atoms with Gasteiger partial charge in [-0.15, -0.1) is 0 Å². The van der Waals surface area contributed by atoms with Crippen LogP contribution < -0.4 is 5.32 Å². The molecule has 0 bridgehead atoms. The fourth-order valence-electron chi connectivity index (χ4n) is 2.68. The molecule has 1 N–H and O–H groups in total. The molecule has 0 aromatic heterocycles. The van der Waals surface area contributed by atoms with E-state index < -0.39 is 0 Å². The van der Waals surface area contributed by atoms with Crippen LogP contribution in [0.15, 0.2) is 0 Å². The minimum Gasteiger partial charge on any atom is -0.385 e. The van der Waals surface area contributed by atoms with Gasteiger partial charge in [-0.3, -0.25) is 0 Å². The van der Waals surface area contributed by atoms with Crippen LogP contribution in [0, 0.1) is 11.3 Å². The monoisotopic (exact) mass is 256 g/mol. The summed E-state index contributed by atoms with van der Waals surface area (Å²) in [6.07, 6.45) is 2.41. The van der Waals surface area contributed by atoms with Crippen molar-refractivity contribution in [3.8, 4) is 0 Å². The average molecular weight is 256 g/mol. The van der Waals surface area contributed by atoms with Crippen molar-refractivity contribution in [3.63, 3.8) is 0 Å². The molecule has 1 aliphatic rings. The van der Waals surface area contributed by atoms with E-state index in [9.17, 15) is 0 Å². The predicted molar refractivity (Wildman–Crippen MR) is 78.0 cm³/mol. The van der Waals surface area contributed by atoms with Crippen molar-refractivity contribution in [3.05, 3.63) is 0 Å². The second-order valence-electron chi connectivity index (χ2n) is 6.80. The van der Waals surface area contributed by atoms with E-state index >= 15 is 0 Å². The molecule has 1 saturated heterocycles. The van der Waals surface area contributed by atoms with Crippen molar-refractivity contribution >= 4 is 0 Å². The van der Waals surface area contributed by atoms with Gasteiger partial charge in [-0.05, 0) is 37.3 Å². The second-order valence-corrected chi connectivity index (χ2v) is 6.80. The molecular weight excluding hydrogens is 224 g/mol. The summed E-state index contributed by atoms with van der Waals surface area (Å²) < 4.78 is 5.22. The Bertz CT molecular complexity index is 229. The Kier molecular flexibility index (Phi) is 6.61. The Hall–Kier alpha value is -0.120. The molecule has 1 fully saturated rings. The maximum atomic E-state index is 5.22. The molecule has 3 nitrogen and oxygen atoms in total. The molecule has 108 valence electrons. The molecule has 0 saturated carbocycles. The van der Waals surface area contributed by atoms with Gasteiger partial charge in [0.25, 0.3) is 0 Å². The van der Waals surface area contributed by atoms with E-state index in [0.717, 1.165) is 19.6 Å². The molecule has 0 spiro atoms. The minimum absolute atomic E-state index is 0.349. The fourth-order valence-corrected chi connectivity index (χ4v) is 2.68. The summed E-state index contributed by atoms with van der Waals surface area (Å²) in [6.45, 7) is 15.0. The Morgan fingerprint density at radius 1 is 1.39 bits per heavy atom. The van der Waals surface area contributed by atoms with Crippen LogP contribution in [0.5, 0.6) is 0 Å². The molecule has 3 heteroatoms. The lowest BCUT2D eigenvalue weighted by molar-refractivity contribution is 0.112. The molecule has 1 unspecified atom stereocenters. The minimum atomic E-state index is 0.349. The van der Waals surface area contributed by atoms with E-state index in [4.69, 9.17) is 4.74 Å². The van der Waals surface area contributed by atoms with E-state index in [1.165, 1.54) is 26.1 Å². The fraction of sp³-hybridized carbons (Fsp3) is 1.00. The van der Waals surface area contributed by atoms with Crippen molar-refractivity contribution in [2.24, 2.45) is 11.3 Å². The summed E-state index contributed by atoms with van der Waals surface area (Å²) >= 11 is 0. The zero-order chi connectivity index (χ0) is 13.6. The lowest BCUT2D eigenvalue weighted by atomic mass is 9.88. The molecular formula is C15H32N2O. The molecule has 0 aliphatic carbocycles. The van der Waals surface area contributed by atoms with E-state index in [0.29, 0.717) is 17.4 Å². The van der Waals surface area contributed by atoms with E-state index in [1.54, 1.807) is 7.11 Å². The molecule has 0 amide bonds. The highest BCUT2D eigenvalue weighted by Crippen LogP contribution is 2.23. The molecule has 0 aromatic carbocycles. The normalized spacial score (nSPS) is 23.3. The van der Waals surface area contributed by atoms with Gasteiger partial charge < -0.3 is 15.0 Å². The number of nitrogens with one attached hydrogen (secondary N) is 1. The molecule has 0 radical (unpaired) electrons. The first kappa shape index (κ1) is 15.9. The summed E-state index contributed by atoms with van der Waals surface area (Å²) in [6, 6.07) is 0.644. The average Bonchev–Trinajstić information content (AvgIpc) is 2.51. The summed E-state index contributed by atoms with van der Waals surface area (Å²) in [5, 5.41) is 3.67. The topological polar surface area (TPSA) is 24.5 Å². The quantitative estimate of drug-likeness (QED) is 0.789. The van der Waals surface area contributed by atoms with Crippen molar-refractivity contribution in [1.82, 2.24) is 10.2 Å². The van der Waals surface area contributed by atoms with Crippen LogP contribution in [-0.2, 0) is 4.74 Å². The number of hydrogen-bond donors (Lipinski definition) is 1. The first-order valence-corrected chi connectivity index (χ1v) is 7.39. The maximum Gasteiger partial charge on any atom is 0.0467 e. The predicted octanol–water partition coefficient (Wildman–Crippen LogP) is 2.37. The SMILES string of the molecule is COCCC(C)(C)CN1CCCNC(C(C)C)C1. The molecule has 1 rings (SSSR count). The van der Waals surface area contributed by atoms with Crippen molar-refractivity contribution < 1.29 is 4.74 Å². The number of rotatable bonds is 6. The Balaban J connectivity index is 2.48. The molecule has 18 heavy (non-hydrogen) atoms. The van der Waals surface area contributed by atoms with Crippen LogP contribution in [-0.4, -0.2) is 50.8 Å². The van der Waals surface area contributed by atoms with Gasteiger partial charge in [-0.25, -0.2) is 0 Å². The maximum absolute atomic E-state index is 5.22. The van der Waals surface area contributed by atoms with Gasteiger partial charge in [0, 0.05) is 32.8 Å². The first-order valence-electron chi connectivity index (χ1n) is 7.39. The lowest BCUT2D eigenvalue weighted by Crippen LogP contribution is -2.44. The van der Waals surface area contributed by atoms with Crippen LogP contribution in [0.4, 0.5) is 0 Å². The molecule has 1 aliphatic heterocycles. The van der Waals surface area contributed by atoms with Crippen molar-refractivity contribution in [2.45, 2.75) is 46.6 Å². The van der Waals surface area contributed by atoms with E-state index in [2.05, 4.69) is 37.9 Å². The highest BCUT2D eigenvalue weighted by Gasteiger charge is 2.25. The third-order valence-corrected chi connectivity index (χ3v) is 3.95. The van der Waals surface area contributed by atoms with E-state index in [-0.39, 0.29) is 0 Å². The van der Waals surface area contributed by atoms with Crippen LogP contribution >= 0.6 is 0 Å². The van der Waals surface area contributed by atoms with Gasteiger partial charge in [-0.2, -0.15) is 0 Å². The van der Waals surface area contributed by atoms with Crippen LogP contribution in [0.25, 0.3) is 0 Å². The second kappa shape index (κ2) is 7.46. The first-order chi connectivity index (χ1) is 8.44. The van der Waals surface area contributed by atoms with Gasteiger partial charge in [0.15, 0.2) is 0 Å². The lowest BCUT2D eigenvalue weighted by Gasteiger charge is -2.34. The van der Waals surface area contributed by atoms with Gasteiger partial charge in [0.1, 0.15) is 0 Å². The number of methoxy groups -OCH3 is 1. The number of ether oxygens (including phenoxy) is 1. The van der Waals surface area contributed by atoms with Gasteiger partial charge >= 0.3 is 0 Å². The molecule has 1 atom stereocenters. The highest BCUT2D eigenvalue weighted by atomic mass is 16.5. The standard InChI is InChI=1S/C15H32N2O/c1-13(2)14-11-17(9-6-8-16-14)12-15(3,4)7-10-18-5/h13-14,16H,6-12H2,1-5H3. The van der Waals surface area contributed by atoms with Crippen LogP contribution in [0.3, 0.4) is 0 Å². The van der Waals surface area contributed by atoms with Gasteiger partial charge in [0.05, 0.1) is 0 Å². The zero-order valence-corrected chi connectivity index (χ0v) is 13.0. The summed E-state index contributed by atoms with van der Waals surface area (Å²) in [7, 11) is 1.79. The Morgan fingerprint density at radius 2 is 2.11 bits per heavy atom. The van der Waals surface area contributed by atoms with Gasteiger partial charge in [0.2, 0.25) is 0 Å². The van der Waals surface area contributed by atoms with Gasteiger partial charge in [-0.1, -0.05) is 27.7 Å². The Morgan fingerprint density at radius 3 is 2.72 bits per heavy atom. The summed E-state index contributed by atoms with van der Waals surface area (Å²) in [5.74, 6) is 0.715.